The quantitative estimate of drug-likeness (QED) is 0.0813. The molecule has 3 nitrogen and oxygen atoms in total. The number of nitrogens with zero attached hydrogens (tertiary/aromatic N) is 3. The molecule has 7 heteroatoms. The second kappa shape index (κ2) is 42.6. The van der Waals surface area contributed by atoms with Crippen molar-refractivity contribution in [2.75, 3.05) is 39.3 Å². The van der Waals surface area contributed by atoms with Crippen molar-refractivity contribution in [1.82, 2.24) is 0 Å². The second-order valence-electron chi connectivity index (χ2n) is 8.65. The van der Waals surface area contributed by atoms with E-state index in [0.29, 0.717) is 0 Å². The fraction of sp³-hybridized carbons (Fsp3) is 0.828. The van der Waals surface area contributed by atoms with E-state index >= 15 is 0 Å². The van der Waals surface area contributed by atoms with Gasteiger partial charge in [0.05, 0.1) is 0 Å². The van der Waals surface area contributed by atoms with Crippen LogP contribution in [0.15, 0.2) is 24.3 Å². The largest absolute Gasteiger partial charge is 4.00 e. The van der Waals surface area contributed by atoms with E-state index in [2.05, 4.69) is 57.5 Å². The summed E-state index contributed by atoms with van der Waals surface area (Å²) >= 11 is -3.89. The Morgan fingerprint density at radius 1 is 0.500 bits per heavy atom. The van der Waals surface area contributed by atoms with Crippen LogP contribution in [0.5, 0.6) is 0 Å². The topological polar surface area (TPSA) is 42.3 Å². The van der Waals surface area contributed by atoms with Gasteiger partial charge in [-0.2, -0.15) is 0 Å². The first-order chi connectivity index (χ1) is 17.0. The number of rotatable bonds is 19. The molecule has 1 rings (SSSR count). The van der Waals surface area contributed by atoms with Crippen molar-refractivity contribution in [1.29, 1.82) is 0 Å². The Kier molecular flexibility index (Phi) is 51.6. The van der Waals surface area contributed by atoms with Crippen molar-refractivity contribution in [3.63, 3.8) is 0 Å². The van der Waals surface area contributed by atoms with E-state index in [9.17, 15) is 7.00 Å². The van der Waals surface area contributed by atoms with E-state index in [-0.39, 0.29) is 30.6 Å². The molecule has 0 heterocycles. The Labute approximate surface area is 249 Å². The third-order valence-electron chi connectivity index (χ3n) is 4.96. The van der Waals surface area contributed by atoms with Gasteiger partial charge < -0.3 is 16.0 Å². The van der Waals surface area contributed by atoms with Gasteiger partial charge in [-0.25, -0.2) is 0 Å². The minimum Gasteiger partial charge on any atom is 4.00 e. The summed E-state index contributed by atoms with van der Waals surface area (Å²) in [6, 6.07) is 6.27. The number of hydrogen-bond donors (Lipinski definition) is 0. The van der Waals surface area contributed by atoms with Crippen LogP contribution in [0.3, 0.4) is 0 Å². The molecular formula is C29H59F2GeN3Zr. The maximum absolute atomic E-state index is 11.8. The standard InChI is InChI=1S/3C8H18N.C5H5F2Ge.Zr/c3*1-3-5-7-9-8-6-4-2;6-8(7)5-3-1-2-4-5;/h3*3-8H2,1-2H3;1-4,8H;/q4*-1;+4. The molecule has 0 saturated heterocycles. The molecule has 0 spiro atoms. The predicted octanol–water partition coefficient (Wildman–Crippen LogP) is 9.65. The van der Waals surface area contributed by atoms with Crippen molar-refractivity contribution < 1.29 is 33.2 Å². The molecule has 1 aromatic carbocycles. The predicted molar refractivity (Wildman–Crippen MR) is 160 cm³/mol. The van der Waals surface area contributed by atoms with E-state index in [1.807, 2.05) is 0 Å². The van der Waals surface area contributed by atoms with Gasteiger partial charge >= 0.3 is 77.1 Å². The first-order valence-corrected chi connectivity index (χ1v) is 17.5. The van der Waals surface area contributed by atoms with Gasteiger partial charge in [0.15, 0.2) is 0 Å². The molecule has 0 aliphatic heterocycles. The normalized spacial score (nSPS) is 9.81. The molecule has 0 bridgehead atoms. The van der Waals surface area contributed by atoms with Gasteiger partial charge in [-0.05, 0) is 0 Å². The van der Waals surface area contributed by atoms with Crippen LogP contribution in [0.1, 0.15) is 119 Å². The van der Waals surface area contributed by atoms with Gasteiger partial charge in [0, 0.05) is 0 Å². The molecule has 0 amide bonds. The van der Waals surface area contributed by atoms with Crippen LogP contribution >= 0.6 is 0 Å². The molecular weight excluding hydrogens is 592 g/mol. The van der Waals surface area contributed by atoms with Crippen LogP contribution in [0.2, 0.25) is 0 Å². The molecule has 0 atom stereocenters. The van der Waals surface area contributed by atoms with E-state index in [4.69, 9.17) is 0 Å². The van der Waals surface area contributed by atoms with Crippen LogP contribution < -0.4 is 4.40 Å². The van der Waals surface area contributed by atoms with Gasteiger partial charge in [0.25, 0.3) is 0 Å². The van der Waals surface area contributed by atoms with Gasteiger partial charge in [0.2, 0.25) is 0 Å². The number of hydrogen-bond acceptors (Lipinski definition) is 0. The van der Waals surface area contributed by atoms with Gasteiger partial charge in [-0.1, -0.05) is 119 Å². The third kappa shape index (κ3) is 44.5. The molecule has 0 unspecified atom stereocenters. The molecule has 0 aliphatic rings. The fourth-order valence-electron chi connectivity index (χ4n) is 2.49. The first kappa shape index (κ1) is 43.6. The van der Waals surface area contributed by atoms with Crippen molar-refractivity contribution in [2.24, 2.45) is 0 Å². The summed E-state index contributed by atoms with van der Waals surface area (Å²) < 4.78 is 23.9. The van der Waals surface area contributed by atoms with Crippen molar-refractivity contribution in [3.05, 3.63) is 40.2 Å². The molecule has 0 aromatic heterocycles. The van der Waals surface area contributed by atoms with Crippen molar-refractivity contribution in [3.8, 4) is 0 Å². The summed E-state index contributed by atoms with van der Waals surface area (Å²) in [5, 5.41) is 13.1. The maximum Gasteiger partial charge on any atom is 4.00 e. The van der Waals surface area contributed by atoms with Crippen LogP contribution in [0.4, 0.5) is 7.00 Å². The summed E-state index contributed by atoms with van der Waals surface area (Å²) in [6.45, 7) is 19.7. The Morgan fingerprint density at radius 3 is 0.861 bits per heavy atom. The molecule has 0 radical (unpaired) electrons. The zero-order chi connectivity index (χ0) is 26.8. The second-order valence-corrected chi connectivity index (χ2v) is 11.3. The SMILES string of the molecule is CCCC[N-]CCCC.CCCC[N-]CCCC.CCCC[N-]CCCC.[F][GeH]([F])[c-]1cccc1.[Zr+4]. The minimum atomic E-state index is -3.89. The summed E-state index contributed by atoms with van der Waals surface area (Å²) in [4.78, 5) is 0. The zero-order valence-electron chi connectivity index (χ0n) is 24.7. The van der Waals surface area contributed by atoms with Gasteiger partial charge in [-0.3, -0.25) is 0 Å². The minimum absolute atomic E-state index is 0. The smallest absolute Gasteiger partial charge is 4.00 e. The summed E-state index contributed by atoms with van der Waals surface area (Å²) in [5.41, 5.74) is 0. The molecule has 0 aliphatic carbocycles. The Bertz CT molecular complexity index is 387. The molecule has 212 valence electrons. The Balaban J connectivity index is -0.000000188. The molecule has 36 heavy (non-hydrogen) atoms. The van der Waals surface area contributed by atoms with Crippen LogP contribution in [-0.4, -0.2) is 54.5 Å². The molecule has 0 N–H and O–H groups in total. The summed E-state index contributed by atoms with van der Waals surface area (Å²) in [6.07, 6.45) is 15.2. The van der Waals surface area contributed by atoms with E-state index in [1.165, 1.54) is 89.2 Å². The zero-order valence-corrected chi connectivity index (χ0v) is 29.6. The third-order valence-corrected chi connectivity index (χ3v) is 6.82. The van der Waals surface area contributed by atoms with Crippen molar-refractivity contribution >= 4 is 19.7 Å². The van der Waals surface area contributed by atoms with E-state index in [1.54, 1.807) is 12.1 Å². The Morgan fingerprint density at radius 2 is 0.722 bits per heavy atom. The first-order valence-electron chi connectivity index (χ1n) is 14.4. The number of halogens is 2. The summed E-state index contributed by atoms with van der Waals surface area (Å²) in [7, 11) is 0. The molecule has 0 saturated carbocycles. The van der Waals surface area contributed by atoms with Crippen LogP contribution in [0, 0.1) is 0 Å². The van der Waals surface area contributed by atoms with Gasteiger partial charge in [0.1, 0.15) is 0 Å². The van der Waals surface area contributed by atoms with E-state index in [0.717, 1.165) is 39.3 Å². The molecule has 1 aromatic rings. The van der Waals surface area contributed by atoms with E-state index < -0.39 is 15.3 Å². The Hall–Kier alpha value is 0.516. The van der Waals surface area contributed by atoms with Crippen LogP contribution in [-0.2, 0) is 26.2 Å². The average Bonchev–Trinajstić information content (AvgIpc) is 3.41. The van der Waals surface area contributed by atoms with Gasteiger partial charge in [-0.15, -0.1) is 39.3 Å². The maximum atomic E-state index is 11.8. The monoisotopic (exact) mass is 651 g/mol. The fourth-order valence-corrected chi connectivity index (χ4v) is 3.57. The number of unbranched alkanes of at least 4 members (excludes halogenated alkanes) is 6. The molecule has 0 fully saturated rings. The van der Waals surface area contributed by atoms with Crippen LogP contribution in [0.25, 0.3) is 16.0 Å². The van der Waals surface area contributed by atoms with Crippen molar-refractivity contribution in [2.45, 2.75) is 119 Å². The average molecular weight is 652 g/mol. The summed E-state index contributed by atoms with van der Waals surface area (Å²) in [5.74, 6) is 0.